The third-order valence-electron chi connectivity index (χ3n) is 1.76. The third-order valence-corrected chi connectivity index (χ3v) is 2.62. The molecule has 1 rings (SSSR count). The Balaban J connectivity index is 2.81. The van der Waals surface area contributed by atoms with E-state index in [1.54, 1.807) is 7.05 Å². The number of aryl methyl sites for hydroxylation is 1. The summed E-state index contributed by atoms with van der Waals surface area (Å²) in [6.45, 7) is 2.28. The number of thiophene rings is 1. The van der Waals surface area contributed by atoms with Crippen LogP contribution in [0.3, 0.4) is 0 Å². The molecule has 0 radical (unpaired) electrons. The van der Waals surface area contributed by atoms with Crippen molar-refractivity contribution in [3.05, 3.63) is 21.9 Å². The van der Waals surface area contributed by atoms with Crippen molar-refractivity contribution in [1.82, 2.24) is 4.90 Å². The molecule has 0 unspecified atom stereocenters. The molecular formula is C10H11NOS. The number of nitrogens with zero attached hydrogens (tertiary/aromatic N) is 1. The summed E-state index contributed by atoms with van der Waals surface area (Å²) < 4.78 is 0. The Morgan fingerprint density at radius 1 is 1.69 bits per heavy atom. The van der Waals surface area contributed by atoms with Crippen LogP contribution in [0.2, 0.25) is 0 Å². The van der Waals surface area contributed by atoms with E-state index in [0.29, 0.717) is 6.54 Å². The van der Waals surface area contributed by atoms with E-state index in [-0.39, 0.29) is 5.91 Å². The first-order valence-electron chi connectivity index (χ1n) is 3.88. The maximum absolute atomic E-state index is 11.7. The molecule has 2 nitrogen and oxygen atoms in total. The van der Waals surface area contributed by atoms with Crippen LogP contribution in [0.5, 0.6) is 0 Å². The van der Waals surface area contributed by atoms with Crippen molar-refractivity contribution in [3.8, 4) is 12.3 Å². The average molecular weight is 193 g/mol. The van der Waals surface area contributed by atoms with Gasteiger partial charge in [-0.2, -0.15) is 11.3 Å². The van der Waals surface area contributed by atoms with Crippen LogP contribution in [0.25, 0.3) is 0 Å². The minimum absolute atomic E-state index is 0.00306. The predicted octanol–water partition coefficient (Wildman–Crippen LogP) is 1.76. The molecule has 0 aliphatic carbocycles. The number of rotatable bonds is 2. The van der Waals surface area contributed by atoms with Crippen LogP contribution in [0.4, 0.5) is 0 Å². The molecule has 13 heavy (non-hydrogen) atoms. The fourth-order valence-corrected chi connectivity index (χ4v) is 1.82. The molecule has 3 heteroatoms. The lowest BCUT2D eigenvalue weighted by molar-refractivity contribution is 0.0812. The summed E-state index contributed by atoms with van der Waals surface area (Å²) in [6.07, 6.45) is 5.12. The van der Waals surface area contributed by atoms with Crippen LogP contribution < -0.4 is 0 Å². The van der Waals surface area contributed by atoms with Gasteiger partial charge in [-0.1, -0.05) is 5.92 Å². The Labute approximate surface area is 82.2 Å². The van der Waals surface area contributed by atoms with E-state index in [4.69, 9.17) is 6.42 Å². The van der Waals surface area contributed by atoms with E-state index in [9.17, 15) is 4.79 Å². The van der Waals surface area contributed by atoms with Gasteiger partial charge in [0, 0.05) is 12.4 Å². The number of hydrogen-bond acceptors (Lipinski definition) is 2. The third kappa shape index (κ3) is 2.10. The predicted molar refractivity (Wildman–Crippen MR) is 54.8 cm³/mol. The van der Waals surface area contributed by atoms with Gasteiger partial charge in [-0.05, 0) is 17.9 Å². The van der Waals surface area contributed by atoms with E-state index >= 15 is 0 Å². The van der Waals surface area contributed by atoms with Crippen molar-refractivity contribution in [2.45, 2.75) is 6.92 Å². The SMILES string of the molecule is C#CCN(C)C(=O)c1cscc1C. The number of carbonyl (C=O) groups excluding carboxylic acids is 1. The summed E-state index contributed by atoms with van der Waals surface area (Å²) in [4.78, 5) is 13.2. The Hall–Kier alpha value is -1.27. The molecule has 0 spiro atoms. The second-order valence-electron chi connectivity index (χ2n) is 2.83. The van der Waals surface area contributed by atoms with E-state index in [0.717, 1.165) is 11.1 Å². The van der Waals surface area contributed by atoms with Gasteiger partial charge in [-0.25, -0.2) is 0 Å². The van der Waals surface area contributed by atoms with Gasteiger partial charge < -0.3 is 4.90 Å². The molecule has 1 amide bonds. The van der Waals surface area contributed by atoms with Crippen LogP contribution in [-0.2, 0) is 0 Å². The topological polar surface area (TPSA) is 20.3 Å². The van der Waals surface area contributed by atoms with Crippen LogP contribution in [0.15, 0.2) is 10.8 Å². The molecule has 0 atom stereocenters. The standard InChI is InChI=1S/C10H11NOS/c1-4-5-11(3)10(12)9-7-13-6-8(9)2/h1,6-7H,5H2,2-3H3. The highest BCUT2D eigenvalue weighted by Gasteiger charge is 2.13. The van der Waals surface area contributed by atoms with Crippen molar-refractivity contribution < 1.29 is 4.79 Å². The normalized spacial score (nSPS) is 9.31. The molecule has 0 saturated carbocycles. The van der Waals surface area contributed by atoms with Gasteiger partial charge in [0.15, 0.2) is 0 Å². The maximum Gasteiger partial charge on any atom is 0.255 e. The minimum Gasteiger partial charge on any atom is -0.331 e. The molecule has 0 fully saturated rings. The van der Waals surface area contributed by atoms with Crippen LogP contribution in [-0.4, -0.2) is 24.4 Å². The fraction of sp³-hybridized carbons (Fsp3) is 0.300. The van der Waals surface area contributed by atoms with E-state index < -0.39 is 0 Å². The molecule has 0 aliphatic heterocycles. The number of amides is 1. The van der Waals surface area contributed by atoms with Crippen LogP contribution in [0, 0.1) is 19.3 Å². The number of hydrogen-bond donors (Lipinski definition) is 0. The van der Waals surface area contributed by atoms with Gasteiger partial charge in [0.25, 0.3) is 5.91 Å². The number of terminal acetylenes is 1. The molecule has 68 valence electrons. The zero-order valence-electron chi connectivity index (χ0n) is 7.70. The summed E-state index contributed by atoms with van der Waals surface area (Å²) in [7, 11) is 1.71. The lowest BCUT2D eigenvalue weighted by atomic mass is 10.2. The fourth-order valence-electron chi connectivity index (χ4n) is 0.994. The molecule has 1 aromatic heterocycles. The van der Waals surface area contributed by atoms with Gasteiger partial charge in [-0.3, -0.25) is 4.79 Å². The van der Waals surface area contributed by atoms with Gasteiger partial charge >= 0.3 is 0 Å². The summed E-state index contributed by atoms with van der Waals surface area (Å²) in [5.74, 6) is 2.44. The van der Waals surface area contributed by atoms with Crippen LogP contribution >= 0.6 is 11.3 Å². The molecule has 0 N–H and O–H groups in total. The first-order valence-corrected chi connectivity index (χ1v) is 4.82. The molecule has 1 heterocycles. The lowest BCUT2D eigenvalue weighted by Crippen LogP contribution is -2.27. The second kappa shape index (κ2) is 4.11. The molecule has 0 aromatic carbocycles. The highest BCUT2D eigenvalue weighted by molar-refractivity contribution is 7.08. The van der Waals surface area contributed by atoms with Crippen molar-refractivity contribution in [1.29, 1.82) is 0 Å². The molecule has 0 bridgehead atoms. The minimum atomic E-state index is -0.00306. The van der Waals surface area contributed by atoms with Gasteiger partial charge in [0.2, 0.25) is 0 Å². The first kappa shape index (κ1) is 9.82. The summed E-state index contributed by atoms with van der Waals surface area (Å²) >= 11 is 1.53. The van der Waals surface area contributed by atoms with Gasteiger partial charge in [-0.15, -0.1) is 6.42 Å². The Morgan fingerprint density at radius 2 is 2.38 bits per heavy atom. The molecule has 1 aromatic rings. The summed E-state index contributed by atoms with van der Waals surface area (Å²) in [6, 6.07) is 0. The first-order chi connectivity index (χ1) is 6.16. The second-order valence-corrected chi connectivity index (χ2v) is 3.58. The van der Waals surface area contributed by atoms with Crippen molar-refractivity contribution in [2.75, 3.05) is 13.6 Å². The quantitative estimate of drug-likeness (QED) is 0.655. The highest BCUT2D eigenvalue weighted by atomic mass is 32.1. The Morgan fingerprint density at radius 3 is 2.85 bits per heavy atom. The Bertz CT molecular complexity index is 348. The average Bonchev–Trinajstić information content (AvgIpc) is 2.50. The Kier molecular flexibility index (Phi) is 3.10. The highest BCUT2D eigenvalue weighted by Crippen LogP contribution is 2.15. The maximum atomic E-state index is 11.7. The van der Waals surface area contributed by atoms with E-state index in [1.807, 2.05) is 17.7 Å². The monoisotopic (exact) mass is 193 g/mol. The lowest BCUT2D eigenvalue weighted by Gasteiger charge is -2.13. The smallest absolute Gasteiger partial charge is 0.255 e. The molecular weight excluding hydrogens is 182 g/mol. The summed E-state index contributed by atoms with van der Waals surface area (Å²) in [5, 5.41) is 3.81. The van der Waals surface area contributed by atoms with Crippen molar-refractivity contribution in [3.63, 3.8) is 0 Å². The van der Waals surface area contributed by atoms with Crippen LogP contribution in [0.1, 0.15) is 15.9 Å². The molecule has 0 aliphatic rings. The van der Waals surface area contributed by atoms with Gasteiger partial charge in [0.1, 0.15) is 0 Å². The zero-order chi connectivity index (χ0) is 9.84. The molecule has 0 saturated heterocycles. The van der Waals surface area contributed by atoms with Gasteiger partial charge in [0.05, 0.1) is 12.1 Å². The van der Waals surface area contributed by atoms with E-state index in [2.05, 4.69) is 5.92 Å². The zero-order valence-corrected chi connectivity index (χ0v) is 8.52. The van der Waals surface area contributed by atoms with Crippen molar-refractivity contribution in [2.24, 2.45) is 0 Å². The summed E-state index contributed by atoms with van der Waals surface area (Å²) in [5.41, 5.74) is 1.77. The van der Waals surface area contributed by atoms with Crippen molar-refractivity contribution >= 4 is 17.2 Å². The number of carbonyl (C=O) groups is 1. The van der Waals surface area contributed by atoms with E-state index in [1.165, 1.54) is 16.2 Å². The largest absolute Gasteiger partial charge is 0.331 e.